The Morgan fingerprint density at radius 3 is 2.58 bits per heavy atom. The van der Waals surface area contributed by atoms with Crippen LogP contribution in [0.25, 0.3) is 0 Å². The van der Waals surface area contributed by atoms with Crippen molar-refractivity contribution < 1.29 is 14.6 Å². The quantitative estimate of drug-likeness (QED) is 0.831. The van der Waals surface area contributed by atoms with Gasteiger partial charge in [-0.3, -0.25) is 4.79 Å². The van der Waals surface area contributed by atoms with Crippen LogP contribution in [0.4, 0.5) is 5.69 Å². The van der Waals surface area contributed by atoms with Gasteiger partial charge in [0.15, 0.2) is 0 Å². The molecule has 0 aliphatic rings. The van der Waals surface area contributed by atoms with Gasteiger partial charge in [-0.1, -0.05) is 20.8 Å². The first-order chi connectivity index (χ1) is 8.97. The fraction of sp³-hybridized carbons (Fsp3) is 0.533. The number of hydrogen-bond acceptors (Lipinski definition) is 3. The molecule has 1 aromatic carbocycles. The molecule has 4 nitrogen and oxygen atoms in total. The lowest BCUT2D eigenvalue weighted by Gasteiger charge is -2.15. The van der Waals surface area contributed by atoms with Gasteiger partial charge in [-0.2, -0.15) is 0 Å². The normalized spacial score (nSPS) is 12.3. The smallest absolute Gasteiger partial charge is 0.224 e. The molecule has 0 radical (unpaired) electrons. The summed E-state index contributed by atoms with van der Waals surface area (Å²) in [4.78, 5) is 11.9. The van der Waals surface area contributed by atoms with Crippen LogP contribution in [-0.4, -0.2) is 18.1 Å². The van der Waals surface area contributed by atoms with E-state index < -0.39 is 0 Å². The van der Waals surface area contributed by atoms with E-state index in [4.69, 9.17) is 4.74 Å². The minimum Gasteiger partial charge on any atom is -0.496 e. The van der Waals surface area contributed by atoms with Crippen LogP contribution in [0.2, 0.25) is 0 Å². The summed E-state index contributed by atoms with van der Waals surface area (Å²) in [5.41, 5.74) is 1.35. The van der Waals surface area contributed by atoms with Crippen molar-refractivity contribution in [2.75, 3.05) is 12.4 Å². The molecule has 0 saturated carbocycles. The number of carbonyl (C=O) groups is 1. The highest BCUT2D eigenvalue weighted by atomic mass is 16.5. The van der Waals surface area contributed by atoms with Crippen molar-refractivity contribution in [3.05, 3.63) is 23.8 Å². The van der Waals surface area contributed by atoms with E-state index in [1.807, 2.05) is 0 Å². The molecule has 1 rings (SSSR count). The van der Waals surface area contributed by atoms with Crippen molar-refractivity contribution in [2.24, 2.45) is 11.8 Å². The van der Waals surface area contributed by atoms with Crippen molar-refractivity contribution in [1.29, 1.82) is 0 Å². The molecule has 0 bridgehead atoms. The predicted octanol–water partition coefficient (Wildman–Crippen LogP) is 2.81. The standard InChI is InChI=1S/C15H23NO3/c1-10(2)11(3)7-15(18)16-13-5-6-14(19-4)12(8-13)9-17/h5-6,8,10-11,17H,7,9H2,1-4H3,(H,16,18). The van der Waals surface area contributed by atoms with Crippen molar-refractivity contribution >= 4 is 11.6 Å². The van der Waals surface area contributed by atoms with E-state index in [9.17, 15) is 9.90 Å². The van der Waals surface area contributed by atoms with E-state index in [2.05, 4.69) is 26.1 Å². The van der Waals surface area contributed by atoms with Gasteiger partial charge in [0.25, 0.3) is 0 Å². The Labute approximate surface area is 114 Å². The van der Waals surface area contributed by atoms with E-state index in [-0.39, 0.29) is 12.5 Å². The molecule has 0 heterocycles. The molecule has 0 aromatic heterocycles. The maximum absolute atomic E-state index is 11.9. The number of rotatable bonds is 6. The van der Waals surface area contributed by atoms with E-state index in [0.717, 1.165) is 0 Å². The fourth-order valence-electron chi connectivity index (χ4n) is 1.72. The lowest BCUT2D eigenvalue weighted by Crippen LogP contribution is -2.18. The molecule has 1 aromatic rings. The number of nitrogens with one attached hydrogen (secondary N) is 1. The number of anilines is 1. The summed E-state index contributed by atoms with van der Waals surface area (Å²) >= 11 is 0. The van der Waals surface area contributed by atoms with Crippen molar-refractivity contribution in [3.8, 4) is 5.75 Å². The van der Waals surface area contributed by atoms with Gasteiger partial charge < -0.3 is 15.2 Å². The first kappa shape index (κ1) is 15.5. The summed E-state index contributed by atoms with van der Waals surface area (Å²) in [7, 11) is 1.55. The Bertz CT molecular complexity index is 429. The maximum Gasteiger partial charge on any atom is 0.224 e. The summed E-state index contributed by atoms with van der Waals surface area (Å²) in [6.07, 6.45) is 0.498. The number of aliphatic hydroxyl groups is 1. The Kier molecular flexibility index (Phi) is 5.83. The number of ether oxygens (including phenoxy) is 1. The van der Waals surface area contributed by atoms with Crippen LogP contribution in [0.1, 0.15) is 32.8 Å². The second-order valence-electron chi connectivity index (χ2n) is 5.16. The molecule has 0 saturated heterocycles. The minimum atomic E-state index is -0.116. The predicted molar refractivity (Wildman–Crippen MR) is 76.2 cm³/mol. The third-order valence-electron chi connectivity index (χ3n) is 3.38. The summed E-state index contributed by atoms with van der Waals surface area (Å²) in [6.45, 7) is 6.16. The number of methoxy groups -OCH3 is 1. The van der Waals surface area contributed by atoms with Crippen LogP contribution in [0.5, 0.6) is 5.75 Å². The van der Waals surface area contributed by atoms with Gasteiger partial charge in [-0.15, -0.1) is 0 Å². The van der Waals surface area contributed by atoms with Crippen molar-refractivity contribution in [2.45, 2.75) is 33.8 Å². The summed E-state index contributed by atoms with van der Waals surface area (Å²) in [6, 6.07) is 5.25. The Balaban J connectivity index is 2.69. The highest BCUT2D eigenvalue weighted by Gasteiger charge is 2.13. The molecule has 106 valence electrons. The van der Waals surface area contributed by atoms with Crippen molar-refractivity contribution in [3.63, 3.8) is 0 Å². The van der Waals surface area contributed by atoms with Gasteiger partial charge >= 0.3 is 0 Å². The molecule has 19 heavy (non-hydrogen) atoms. The van der Waals surface area contributed by atoms with Gasteiger partial charge in [-0.25, -0.2) is 0 Å². The zero-order valence-corrected chi connectivity index (χ0v) is 12.1. The van der Waals surface area contributed by atoms with Crippen LogP contribution >= 0.6 is 0 Å². The molecular weight excluding hydrogens is 242 g/mol. The second kappa shape index (κ2) is 7.14. The number of amides is 1. The van der Waals surface area contributed by atoms with Crippen LogP contribution in [0.15, 0.2) is 18.2 Å². The molecule has 2 N–H and O–H groups in total. The van der Waals surface area contributed by atoms with E-state index >= 15 is 0 Å². The maximum atomic E-state index is 11.9. The van der Waals surface area contributed by atoms with Gasteiger partial charge in [0.2, 0.25) is 5.91 Å². The lowest BCUT2D eigenvalue weighted by molar-refractivity contribution is -0.117. The zero-order valence-electron chi connectivity index (χ0n) is 12.1. The number of aliphatic hydroxyl groups excluding tert-OH is 1. The van der Waals surface area contributed by atoms with E-state index in [1.165, 1.54) is 0 Å². The van der Waals surface area contributed by atoms with Gasteiger partial charge in [-0.05, 0) is 30.0 Å². The Morgan fingerprint density at radius 1 is 1.37 bits per heavy atom. The Hall–Kier alpha value is -1.55. The summed E-state index contributed by atoms with van der Waals surface area (Å²) < 4.78 is 5.12. The Morgan fingerprint density at radius 2 is 2.05 bits per heavy atom. The van der Waals surface area contributed by atoms with Crippen LogP contribution < -0.4 is 10.1 Å². The first-order valence-corrected chi connectivity index (χ1v) is 6.55. The molecule has 1 amide bonds. The average Bonchev–Trinajstić information content (AvgIpc) is 2.38. The highest BCUT2D eigenvalue weighted by Crippen LogP contribution is 2.23. The molecular formula is C15H23NO3. The van der Waals surface area contributed by atoms with E-state index in [1.54, 1.807) is 25.3 Å². The molecule has 0 aliphatic carbocycles. The zero-order chi connectivity index (χ0) is 14.4. The van der Waals surface area contributed by atoms with Crippen LogP contribution in [0.3, 0.4) is 0 Å². The largest absolute Gasteiger partial charge is 0.496 e. The molecule has 1 atom stereocenters. The van der Waals surface area contributed by atoms with Gasteiger partial charge in [0.05, 0.1) is 13.7 Å². The fourth-order valence-corrected chi connectivity index (χ4v) is 1.72. The number of carbonyl (C=O) groups excluding carboxylic acids is 1. The third kappa shape index (κ3) is 4.56. The number of hydrogen-bond donors (Lipinski definition) is 2. The molecule has 4 heteroatoms. The third-order valence-corrected chi connectivity index (χ3v) is 3.38. The molecule has 0 spiro atoms. The molecule has 0 fully saturated rings. The first-order valence-electron chi connectivity index (χ1n) is 6.55. The summed E-state index contributed by atoms with van der Waals surface area (Å²) in [5.74, 6) is 1.44. The minimum absolute atomic E-state index is 0.00439. The van der Waals surface area contributed by atoms with Crippen LogP contribution in [0, 0.1) is 11.8 Å². The molecule has 0 aliphatic heterocycles. The van der Waals surface area contributed by atoms with Gasteiger partial charge in [0.1, 0.15) is 5.75 Å². The van der Waals surface area contributed by atoms with Gasteiger partial charge in [0, 0.05) is 17.7 Å². The van der Waals surface area contributed by atoms with E-state index in [0.29, 0.717) is 35.3 Å². The number of benzene rings is 1. The lowest BCUT2D eigenvalue weighted by atomic mass is 9.94. The monoisotopic (exact) mass is 265 g/mol. The summed E-state index contributed by atoms with van der Waals surface area (Å²) in [5, 5.41) is 12.1. The second-order valence-corrected chi connectivity index (χ2v) is 5.16. The van der Waals surface area contributed by atoms with Crippen LogP contribution in [-0.2, 0) is 11.4 Å². The van der Waals surface area contributed by atoms with Crippen molar-refractivity contribution in [1.82, 2.24) is 0 Å². The topological polar surface area (TPSA) is 58.6 Å². The average molecular weight is 265 g/mol. The highest BCUT2D eigenvalue weighted by molar-refractivity contribution is 5.91. The molecule has 1 unspecified atom stereocenters. The SMILES string of the molecule is COc1ccc(NC(=O)CC(C)C(C)C)cc1CO.